The van der Waals surface area contributed by atoms with E-state index in [1.165, 1.54) is 4.80 Å². The van der Waals surface area contributed by atoms with Gasteiger partial charge in [0.1, 0.15) is 22.5 Å². The fourth-order valence-electron chi connectivity index (χ4n) is 2.58. The van der Waals surface area contributed by atoms with Gasteiger partial charge in [0, 0.05) is 5.39 Å². The molecule has 4 rings (SSSR count). The van der Waals surface area contributed by atoms with Crippen molar-refractivity contribution >= 4 is 21.8 Å². The van der Waals surface area contributed by atoms with Crippen LogP contribution in [-0.2, 0) is 0 Å². The van der Waals surface area contributed by atoms with Gasteiger partial charge in [0.25, 0.3) is 0 Å². The minimum Gasteiger partial charge on any atom is -0.506 e. The fourth-order valence-corrected chi connectivity index (χ4v) is 2.58. The molecule has 3 aromatic carbocycles. The maximum Gasteiger partial charge on any atom is 0.143 e. The molecule has 0 bridgehead atoms. The second-order valence-corrected chi connectivity index (χ2v) is 5.14. The monoisotopic (exact) mass is 275 g/mol. The minimum atomic E-state index is 0.172. The molecule has 0 saturated heterocycles. The van der Waals surface area contributed by atoms with E-state index < -0.39 is 0 Å². The predicted molar refractivity (Wildman–Crippen MR) is 82.8 cm³/mol. The lowest BCUT2D eigenvalue weighted by Crippen LogP contribution is -2.00. The summed E-state index contributed by atoms with van der Waals surface area (Å²) in [6, 6.07) is 17.4. The van der Waals surface area contributed by atoms with E-state index in [0.717, 1.165) is 27.4 Å². The molecule has 4 aromatic rings. The number of hydrogen-bond donors (Lipinski definition) is 1. The Labute approximate surface area is 121 Å². The number of aryl methyl sites for hydroxylation is 1. The van der Waals surface area contributed by atoms with Crippen LogP contribution in [0.1, 0.15) is 5.56 Å². The molecular weight excluding hydrogens is 262 g/mol. The third-order valence-electron chi connectivity index (χ3n) is 3.62. The Bertz CT molecular complexity index is 972. The first kappa shape index (κ1) is 11.9. The molecule has 1 aromatic heterocycles. The first-order chi connectivity index (χ1) is 10.2. The summed E-state index contributed by atoms with van der Waals surface area (Å²) in [6.07, 6.45) is 0. The van der Waals surface area contributed by atoms with Crippen molar-refractivity contribution in [1.82, 2.24) is 15.0 Å². The van der Waals surface area contributed by atoms with Gasteiger partial charge in [-0.2, -0.15) is 0 Å². The third kappa shape index (κ3) is 1.84. The van der Waals surface area contributed by atoms with Crippen LogP contribution < -0.4 is 0 Å². The number of hydrogen-bond acceptors (Lipinski definition) is 3. The zero-order chi connectivity index (χ0) is 14.4. The summed E-state index contributed by atoms with van der Waals surface area (Å²) in [5, 5.41) is 21.2. The molecule has 1 N–H and O–H groups in total. The van der Waals surface area contributed by atoms with Crippen LogP contribution in [-0.4, -0.2) is 20.1 Å². The van der Waals surface area contributed by atoms with E-state index >= 15 is 0 Å². The van der Waals surface area contributed by atoms with Gasteiger partial charge >= 0.3 is 0 Å². The molecule has 4 heteroatoms. The Balaban J connectivity index is 2.05. The number of phenols is 1. The van der Waals surface area contributed by atoms with Gasteiger partial charge in [-0.25, -0.2) is 0 Å². The van der Waals surface area contributed by atoms with Crippen LogP contribution in [0.2, 0.25) is 0 Å². The smallest absolute Gasteiger partial charge is 0.143 e. The summed E-state index contributed by atoms with van der Waals surface area (Å²) < 4.78 is 0. The standard InChI is InChI=1S/C17H13N3O/c1-11-6-8-14-15(10-11)19-20(18-14)17-13-5-3-2-4-12(13)7-9-16(17)21/h2-10,21H,1H3. The van der Waals surface area contributed by atoms with Crippen molar-refractivity contribution in [2.45, 2.75) is 6.92 Å². The Morgan fingerprint density at radius 1 is 0.905 bits per heavy atom. The molecule has 4 nitrogen and oxygen atoms in total. The van der Waals surface area contributed by atoms with E-state index in [9.17, 15) is 5.11 Å². The first-order valence-corrected chi connectivity index (χ1v) is 6.77. The van der Waals surface area contributed by atoms with E-state index in [1.807, 2.05) is 55.5 Å². The third-order valence-corrected chi connectivity index (χ3v) is 3.62. The minimum absolute atomic E-state index is 0.172. The second kappa shape index (κ2) is 4.31. The van der Waals surface area contributed by atoms with Gasteiger partial charge in [0.2, 0.25) is 0 Å². The average molecular weight is 275 g/mol. The van der Waals surface area contributed by atoms with E-state index in [2.05, 4.69) is 10.2 Å². The summed E-state index contributed by atoms with van der Waals surface area (Å²) in [5.74, 6) is 0.172. The van der Waals surface area contributed by atoms with Gasteiger partial charge < -0.3 is 5.11 Å². The molecule has 0 aliphatic rings. The second-order valence-electron chi connectivity index (χ2n) is 5.14. The highest BCUT2D eigenvalue weighted by molar-refractivity contribution is 5.92. The molecule has 0 spiro atoms. The molecule has 102 valence electrons. The Morgan fingerprint density at radius 2 is 1.71 bits per heavy atom. The normalized spacial score (nSPS) is 11.3. The van der Waals surface area contributed by atoms with E-state index in [0.29, 0.717) is 5.69 Å². The summed E-state index contributed by atoms with van der Waals surface area (Å²) >= 11 is 0. The molecule has 0 saturated carbocycles. The molecule has 0 fully saturated rings. The Hall–Kier alpha value is -2.88. The predicted octanol–water partition coefficient (Wildman–Crippen LogP) is 3.59. The molecule has 0 unspecified atom stereocenters. The van der Waals surface area contributed by atoms with Gasteiger partial charge in [-0.05, 0) is 36.1 Å². The van der Waals surface area contributed by atoms with Crippen molar-refractivity contribution in [2.24, 2.45) is 0 Å². The molecular formula is C17H13N3O. The summed E-state index contributed by atoms with van der Waals surface area (Å²) in [4.78, 5) is 1.52. The van der Waals surface area contributed by atoms with Crippen LogP contribution in [0.4, 0.5) is 0 Å². The van der Waals surface area contributed by atoms with E-state index in [1.54, 1.807) is 6.07 Å². The highest BCUT2D eigenvalue weighted by Crippen LogP contribution is 2.30. The summed E-state index contributed by atoms with van der Waals surface area (Å²) in [6.45, 7) is 2.02. The van der Waals surface area contributed by atoms with Gasteiger partial charge in [-0.15, -0.1) is 15.0 Å². The van der Waals surface area contributed by atoms with Crippen molar-refractivity contribution in [3.8, 4) is 11.4 Å². The average Bonchev–Trinajstić information content (AvgIpc) is 2.89. The zero-order valence-electron chi connectivity index (χ0n) is 11.5. The van der Waals surface area contributed by atoms with Crippen LogP contribution in [0, 0.1) is 6.92 Å². The van der Waals surface area contributed by atoms with Crippen molar-refractivity contribution in [1.29, 1.82) is 0 Å². The number of aromatic hydroxyl groups is 1. The van der Waals surface area contributed by atoms with Gasteiger partial charge in [0.05, 0.1) is 0 Å². The van der Waals surface area contributed by atoms with Crippen LogP contribution in [0.3, 0.4) is 0 Å². The van der Waals surface area contributed by atoms with Crippen molar-refractivity contribution < 1.29 is 5.11 Å². The van der Waals surface area contributed by atoms with Crippen molar-refractivity contribution in [3.63, 3.8) is 0 Å². The van der Waals surface area contributed by atoms with E-state index in [4.69, 9.17) is 0 Å². The lowest BCUT2D eigenvalue weighted by molar-refractivity contribution is 0.469. The highest BCUT2D eigenvalue weighted by Gasteiger charge is 2.12. The van der Waals surface area contributed by atoms with Crippen LogP contribution in [0.25, 0.3) is 27.5 Å². The van der Waals surface area contributed by atoms with Crippen LogP contribution >= 0.6 is 0 Å². The molecule has 0 aliphatic heterocycles. The van der Waals surface area contributed by atoms with Gasteiger partial charge in [-0.1, -0.05) is 36.4 Å². The molecule has 0 aliphatic carbocycles. The topological polar surface area (TPSA) is 50.9 Å². The lowest BCUT2D eigenvalue weighted by Gasteiger charge is -2.07. The number of nitrogens with zero attached hydrogens (tertiary/aromatic N) is 3. The number of aromatic nitrogens is 3. The number of fused-ring (bicyclic) bond motifs is 2. The fraction of sp³-hybridized carbons (Fsp3) is 0.0588. The van der Waals surface area contributed by atoms with Crippen LogP contribution in [0.15, 0.2) is 54.6 Å². The molecule has 0 atom stereocenters. The Kier molecular flexibility index (Phi) is 2.44. The van der Waals surface area contributed by atoms with Gasteiger partial charge in [-0.3, -0.25) is 0 Å². The SMILES string of the molecule is Cc1ccc2nn(-c3c(O)ccc4ccccc34)nc2c1. The van der Waals surface area contributed by atoms with Crippen LogP contribution in [0.5, 0.6) is 5.75 Å². The highest BCUT2D eigenvalue weighted by atomic mass is 16.3. The molecule has 0 amide bonds. The largest absolute Gasteiger partial charge is 0.506 e. The number of benzene rings is 3. The molecule has 21 heavy (non-hydrogen) atoms. The number of phenolic OH excluding ortho intramolecular Hbond substituents is 1. The summed E-state index contributed by atoms with van der Waals surface area (Å²) in [5.41, 5.74) is 3.38. The van der Waals surface area contributed by atoms with E-state index in [-0.39, 0.29) is 5.75 Å². The number of rotatable bonds is 1. The summed E-state index contributed by atoms with van der Waals surface area (Å²) in [7, 11) is 0. The maximum absolute atomic E-state index is 10.2. The van der Waals surface area contributed by atoms with Gasteiger partial charge in [0.15, 0.2) is 0 Å². The molecule has 1 heterocycles. The van der Waals surface area contributed by atoms with Crippen molar-refractivity contribution in [2.75, 3.05) is 0 Å². The zero-order valence-corrected chi connectivity index (χ0v) is 11.5. The molecule has 0 radical (unpaired) electrons. The Morgan fingerprint density at radius 3 is 2.62 bits per heavy atom. The quantitative estimate of drug-likeness (QED) is 0.577. The van der Waals surface area contributed by atoms with Crippen molar-refractivity contribution in [3.05, 3.63) is 60.2 Å². The lowest BCUT2D eigenvalue weighted by atomic mass is 10.1. The first-order valence-electron chi connectivity index (χ1n) is 6.77. The maximum atomic E-state index is 10.2.